The van der Waals surface area contributed by atoms with Crippen LogP contribution in [0.2, 0.25) is 0 Å². The highest BCUT2D eigenvalue weighted by Crippen LogP contribution is 2.16. The molecule has 5 heteroatoms. The average molecular weight is 412 g/mol. The fourth-order valence-corrected chi connectivity index (χ4v) is 3.32. The molecule has 1 atom stereocenters. The highest BCUT2D eigenvalue weighted by Gasteiger charge is 2.12. The Kier molecular flexibility index (Phi) is 6.43. The van der Waals surface area contributed by atoms with E-state index in [1.54, 1.807) is 6.20 Å². The van der Waals surface area contributed by atoms with Crippen LogP contribution < -0.4 is 10.1 Å². The summed E-state index contributed by atoms with van der Waals surface area (Å²) in [4.78, 5) is 16.9. The number of carbonyl (C=O) groups is 1. The molecule has 0 saturated heterocycles. The molecule has 31 heavy (non-hydrogen) atoms. The van der Waals surface area contributed by atoms with Gasteiger partial charge in [-0.3, -0.25) is 9.78 Å². The van der Waals surface area contributed by atoms with Crippen LogP contribution in [0.3, 0.4) is 0 Å². The molecule has 0 bridgehead atoms. The first-order valence-electron chi connectivity index (χ1n) is 10.3. The maximum atomic E-state index is 12.5. The fourth-order valence-electron chi connectivity index (χ4n) is 3.32. The summed E-state index contributed by atoms with van der Waals surface area (Å²) in [5.74, 6) is 0.668. The summed E-state index contributed by atoms with van der Waals surface area (Å²) in [5, 5.41) is 3.02. The van der Waals surface area contributed by atoms with Crippen molar-refractivity contribution in [1.29, 1.82) is 0 Å². The fraction of sp³-hybridized carbons (Fsp3) is 0.154. The molecule has 5 nitrogen and oxygen atoms in total. The van der Waals surface area contributed by atoms with Crippen molar-refractivity contribution in [2.24, 2.45) is 0 Å². The summed E-state index contributed by atoms with van der Waals surface area (Å²) >= 11 is 0. The minimum absolute atomic E-state index is 0.0348. The molecular weight excluding hydrogens is 386 g/mol. The zero-order valence-corrected chi connectivity index (χ0v) is 17.4. The molecule has 156 valence electrons. The number of rotatable bonds is 8. The van der Waals surface area contributed by atoms with E-state index in [0.717, 1.165) is 22.5 Å². The number of ether oxygens (including phenoxy) is 1. The van der Waals surface area contributed by atoms with Crippen molar-refractivity contribution < 1.29 is 9.53 Å². The molecule has 0 spiro atoms. The van der Waals surface area contributed by atoms with Crippen molar-refractivity contribution >= 4 is 5.91 Å². The van der Waals surface area contributed by atoms with Gasteiger partial charge in [-0.1, -0.05) is 42.5 Å². The molecule has 2 aromatic heterocycles. The molecule has 4 rings (SSSR count). The molecule has 4 aromatic rings. The van der Waals surface area contributed by atoms with Gasteiger partial charge in [-0.2, -0.15) is 0 Å². The van der Waals surface area contributed by atoms with Gasteiger partial charge in [-0.15, -0.1) is 0 Å². The van der Waals surface area contributed by atoms with Gasteiger partial charge < -0.3 is 14.6 Å². The Hall–Kier alpha value is -3.86. The van der Waals surface area contributed by atoms with Gasteiger partial charge in [-0.05, 0) is 54.4 Å². The minimum atomic E-state index is -0.185. The van der Waals surface area contributed by atoms with Gasteiger partial charge >= 0.3 is 0 Å². The molecule has 0 radical (unpaired) electrons. The number of aromatic nitrogens is 2. The highest BCUT2D eigenvalue weighted by molar-refractivity contribution is 5.79. The van der Waals surface area contributed by atoms with Gasteiger partial charge in [0, 0.05) is 18.1 Å². The zero-order chi connectivity index (χ0) is 21.5. The Morgan fingerprint density at radius 3 is 2.35 bits per heavy atom. The number of carbonyl (C=O) groups excluding carboxylic acids is 1. The van der Waals surface area contributed by atoms with Crippen LogP contribution in [-0.4, -0.2) is 15.5 Å². The first-order valence-corrected chi connectivity index (χ1v) is 10.3. The number of benzene rings is 2. The summed E-state index contributed by atoms with van der Waals surface area (Å²) in [7, 11) is 0. The lowest BCUT2D eigenvalue weighted by Gasteiger charge is -2.14. The molecule has 1 N–H and O–H groups in total. The van der Waals surface area contributed by atoms with E-state index in [0.29, 0.717) is 18.8 Å². The molecule has 0 aliphatic carbocycles. The summed E-state index contributed by atoms with van der Waals surface area (Å²) in [6.07, 6.45) is 6.01. The van der Waals surface area contributed by atoms with E-state index in [4.69, 9.17) is 4.74 Å². The number of hydrogen-bond donors (Lipinski definition) is 1. The second-order valence-electron chi connectivity index (χ2n) is 7.42. The first-order chi connectivity index (χ1) is 15.2. The van der Waals surface area contributed by atoms with Crippen molar-refractivity contribution in [2.75, 3.05) is 0 Å². The second kappa shape index (κ2) is 9.76. The van der Waals surface area contributed by atoms with Crippen LogP contribution in [0.15, 0.2) is 97.5 Å². The summed E-state index contributed by atoms with van der Waals surface area (Å²) < 4.78 is 7.80. The molecule has 0 unspecified atom stereocenters. The number of pyridine rings is 1. The van der Waals surface area contributed by atoms with Crippen LogP contribution in [0.25, 0.3) is 5.69 Å². The van der Waals surface area contributed by atoms with Crippen molar-refractivity contribution in [3.8, 4) is 11.4 Å². The Bertz CT molecular complexity index is 1090. The van der Waals surface area contributed by atoms with Gasteiger partial charge in [0.1, 0.15) is 12.4 Å². The smallest absolute Gasteiger partial charge is 0.224 e. The number of nitrogens with one attached hydrogen (secondary N) is 1. The van der Waals surface area contributed by atoms with Gasteiger partial charge in [0.2, 0.25) is 5.91 Å². The van der Waals surface area contributed by atoms with E-state index in [-0.39, 0.29) is 11.9 Å². The maximum Gasteiger partial charge on any atom is 0.224 e. The molecule has 2 aromatic carbocycles. The van der Waals surface area contributed by atoms with Crippen molar-refractivity contribution in [1.82, 2.24) is 14.9 Å². The normalized spacial score (nSPS) is 11.6. The Morgan fingerprint density at radius 2 is 1.68 bits per heavy atom. The predicted octanol–water partition coefficient (Wildman–Crippen LogP) is 4.87. The lowest BCUT2D eigenvalue weighted by molar-refractivity contribution is -0.121. The lowest BCUT2D eigenvalue weighted by Crippen LogP contribution is -2.28. The van der Waals surface area contributed by atoms with Crippen LogP contribution >= 0.6 is 0 Å². The van der Waals surface area contributed by atoms with E-state index in [1.807, 2.05) is 103 Å². The molecule has 0 aliphatic heterocycles. The van der Waals surface area contributed by atoms with Gasteiger partial charge in [0.15, 0.2) is 0 Å². The summed E-state index contributed by atoms with van der Waals surface area (Å²) in [5.41, 5.74) is 3.94. The number of nitrogens with zero attached hydrogens (tertiary/aromatic N) is 2. The van der Waals surface area contributed by atoms with Crippen molar-refractivity contribution in [3.63, 3.8) is 0 Å². The third-order valence-electron chi connectivity index (χ3n) is 5.03. The lowest BCUT2D eigenvalue weighted by atomic mass is 10.1. The van der Waals surface area contributed by atoms with Crippen LogP contribution in [0.1, 0.15) is 29.8 Å². The summed E-state index contributed by atoms with van der Waals surface area (Å²) in [6, 6.07) is 25.5. The van der Waals surface area contributed by atoms with Gasteiger partial charge in [-0.25, -0.2) is 0 Å². The number of hydrogen-bond acceptors (Lipinski definition) is 3. The SMILES string of the molecule is C[C@@H](NC(=O)Cc1ccc(-n2cccc2)cc1)c1ccc(OCc2ccccc2)cn1. The molecule has 0 saturated carbocycles. The molecule has 0 aliphatic rings. The van der Waals surface area contributed by atoms with Gasteiger partial charge in [0.05, 0.1) is 24.4 Å². The predicted molar refractivity (Wildman–Crippen MR) is 121 cm³/mol. The minimum Gasteiger partial charge on any atom is -0.487 e. The molecule has 1 amide bonds. The summed E-state index contributed by atoms with van der Waals surface area (Å²) in [6.45, 7) is 2.43. The van der Waals surface area contributed by atoms with Crippen LogP contribution in [0.5, 0.6) is 5.75 Å². The van der Waals surface area contributed by atoms with E-state index >= 15 is 0 Å². The maximum absolute atomic E-state index is 12.5. The van der Waals surface area contributed by atoms with Gasteiger partial charge in [0.25, 0.3) is 0 Å². The number of amides is 1. The van der Waals surface area contributed by atoms with Crippen LogP contribution in [0.4, 0.5) is 0 Å². The van der Waals surface area contributed by atoms with Crippen molar-refractivity contribution in [2.45, 2.75) is 26.0 Å². The Morgan fingerprint density at radius 1 is 0.935 bits per heavy atom. The first kappa shape index (κ1) is 20.4. The average Bonchev–Trinajstić information content (AvgIpc) is 3.34. The van der Waals surface area contributed by atoms with E-state index in [9.17, 15) is 4.79 Å². The van der Waals surface area contributed by atoms with E-state index < -0.39 is 0 Å². The highest BCUT2D eigenvalue weighted by atomic mass is 16.5. The Labute approximate surface area is 182 Å². The van der Waals surface area contributed by atoms with Crippen LogP contribution in [0, 0.1) is 0 Å². The van der Waals surface area contributed by atoms with E-state index in [2.05, 4.69) is 10.3 Å². The standard InChI is InChI=1S/C26H25N3O2/c1-20(25-14-13-24(18-27-25)31-19-22-7-3-2-4-8-22)28-26(30)17-21-9-11-23(12-10-21)29-15-5-6-16-29/h2-16,18,20H,17,19H2,1H3,(H,28,30)/t20-/m1/s1. The monoisotopic (exact) mass is 411 g/mol. The largest absolute Gasteiger partial charge is 0.487 e. The molecule has 0 fully saturated rings. The molecule has 2 heterocycles. The third kappa shape index (κ3) is 5.60. The topological polar surface area (TPSA) is 56.2 Å². The van der Waals surface area contributed by atoms with E-state index in [1.165, 1.54) is 0 Å². The second-order valence-corrected chi connectivity index (χ2v) is 7.42. The Balaban J connectivity index is 1.28. The third-order valence-corrected chi connectivity index (χ3v) is 5.03. The van der Waals surface area contributed by atoms with Crippen molar-refractivity contribution in [3.05, 3.63) is 114 Å². The quantitative estimate of drug-likeness (QED) is 0.450. The molecular formula is C26H25N3O2. The zero-order valence-electron chi connectivity index (χ0n) is 17.4. The van der Waals surface area contributed by atoms with Crippen LogP contribution in [-0.2, 0) is 17.8 Å².